The fourth-order valence-electron chi connectivity index (χ4n) is 2.11. The smallest absolute Gasteiger partial charge is 0.262 e. The number of sulfonamides is 1. The van der Waals surface area contributed by atoms with Crippen molar-refractivity contribution in [1.29, 1.82) is 0 Å². The third-order valence-electron chi connectivity index (χ3n) is 3.41. The molecule has 0 aromatic heterocycles. The molecule has 0 aliphatic rings. The number of carbonyl (C=O) groups is 1. The average molecular weight is 433 g/mol. The van der Waals surface area contributed by atoms with Gasteiger partial charge in [-0.3, -0.25) is 4.79 Å². The second kappa shape index (κ2) is 8.79. The molecule has 1 amide bonds. The molecular weight excluding hydrogens is 415 g/mol. The third-order valence-corrected chi connectivity index (χ3v) is 5.68. The number of carbonyl (C=O) groups excluding carboxylic acids is 1. The normalized spacial score (nSPS) is 11.3. The molecule has 0 aliphatic carbocycles. The number of halogens is 2. The Morgan fingerprint density at radius 2 is 1.74 bits per heavy atom. The molecule has 0 aliphatic heterocycles. The van der Waals surface area contributed by atoms with Crippen LogP contribution in [0.25, 0.3) is 0 Å². The van der Waals surface area contributed by atoms with Gasteiger partial charge in [0.1, 0.15) is 16.4 Å². The van der Waals surface area contributed by atoms with Gasteiger partial charge in [-0.25, -0.2) is 12.7 Å². The summed E-state index contributed by atoms with van der Waals surface area (Å²) in [6, 6.07) is 8.90. The van der Waals surface area contributed by atoms with Crippen LogP contribution in [0.15, 0.2) is 41.3 Å². The van der Waals surface area contributed by atoms with Gasteiger partial charge < -0.3 is 14.8 Å². The number of rotatable bonds is 7. The molecule has 27 heavy (non-hydrogen) atoms. The lowest BCUT2D eigenvalue weighted by atomic mass is 10.3. The summed E-state index contributed by atoms with van der Waals surface area (Å²) in [5.74, 6) is 0.0317. The van der Waals surface area contributed by atoms with Crippen molar-refractivity contribution in [1.82, 2.24) is 4.31 Å². The summed E-state index contributed by atoms with van der Waals surface area (Å²) in [7, 11) is 0.434. The van der Waals surface area contributed by atoms with Crippen LogP contribution >= 0.6 is 23.2 Å². The molecule has 0 atom stereocenters. The molecule has 10 heteroatoms. The number of hydrogen-bond donors (Lipinski definition) is 1. The molecule has 0 radical (unpaired) electrons. The number of ether oxygens (including phenoxy) is 2. The van der Waals surface area contributed by atoms with Crippen LogP contribution < -0.4 is 14.8 Å². The van der Waals surface area contributed by atoms with Gasteiger partial charge in [0.15, 0.2) is 6.61 Å². The van der Waals surface area contributed by atoms with Crippen molar-refractivity contribution < 1.29 is 22.7 Å². The van der Waals surface area contributed by atoms with Crippen molar-refractivity contribution in [3.8, 4) is 11.5 Å². The number of amides is 1. The Balaban J connectivity index is 2.13. The quantitative estimate of drug-likeness (QED) is 0.725. The molecule has 7 nitrogen and oxygen atoms in total. The van der Waals surface area contributed by atoms with Crippen molar-refractivity contribution in [3.63, 3.8) is 0 Å². The van der Waals surface area contributed by atoms with Crippen molar-refractivity contribution in [3.05, 3.63) is 46.4 Å². The van der Waals surface area contributed by atoms with Crippen molar-refractivity contribution in [2.24, 2.45) is 0 Å². The van der Waals surface area contributed by atoms with E-state index in [1.807, 2.05) is 0 Å². The van der Waals surface area contributed by atoms with E-state index in [0.29, 0.717) is 15.8 Å². The topological polar surface area (TPSA) is 84.9 Å². The van der Waals surface area contributed by atoms with Gasteiger partial charge >= 0.3 is 0 Å². The molecule has 0 bridgehead atoms. The van der Waals surface area contributed by atoms with Crippen molar-refractivity contribution in [2.45, 2.75) is 4.90 Å². The maximum absolute atomic E-state index is 12.4. The molecule has 2 rings (SSSR count). The SMILES string of the molecule is COc1ccc(NC(=O)COc2cc(Cl)cc(Cl)c2)cc1S(=O)(=O)N(C)C. The zero-order chi connectivity index (χ0) is 20.2. The molecule has 0 spiro atoms. The summed E-state index contributed by atoms with van der Waals surface area (Å²) in [5.41, 5.74) is 0.286. The minimum Gasteiger partial charge on any atom is -0.495 e. The molecular formula is C17H18Cl2N2O5S. The monoisotopic (exact) mass is 432 g/mol. The second-order valence-corrected chi connectivity index (χ2v) is 8.59. The van der Waals surface area contributed by atoms with Crippen molar-refractivity contribution in [2.75, 3.05) is 33.1 Å². The number of nitrogens with one attached hydrogen (secondary N) is 1. The lowest BCUT2D eigenvalue weighted by Crippen LogP contribution is -2.24. The largest absolute Gasteiger partial charge is 0.495 e. The molecule has 1 N–H and O–H groups in total. The third kappa shape index (κ3) is 5.49. The van der Waals surface area contributed by atoms with Gasteiger partial charge in [0.25, 0.3) is 5.91 Å². The van der Waals surface area contributed by atoms with Crippen LogP contribution in [0.5, 0.6) is 11.5 Å². The highest BCUT2D eigenvalue weighted by molar-refractivity contribution is 7.89. The highest BCUT2D eigenvalue weighted by atomic mass is 35.5. The van der Waals surface area contributed by atoms with Gasteiger partial charge in [0, 0.05) is 29.8 Å². The number of nitrogens with zero attached hydrogens (tertiary/aromatic N) is 1. The van der Waals surface area contributed by atoms with E-state index in [-0.39, 0.29) is 22.9 Å². The molecule has 146 valence electrons. The van der Waals surface area contributed by atoms with Gasteiger partial charge in [-0.05, 0) is 36.4 Å². The van der Waals surface area contributed by atoms with Gasteiger partial charge in [-0.15, -0.1) is 0 Å². The average Bonchev–Trinajstić information content (AvgIpc) is 2.59. The maximum Gasteiger partial charge on any atom is 0.262 e. The van der Waals surface area contributed by atoms with Crippen LogP contribution in [-0.2, 0) is 14.8 Å². The molecule has 0 fully saturated rings. The van der Waals surface area contributed by atoms with Crippen LogP contribution in [0.3, 0.4) is 0 Å². The predicted octanol–water partition coefficient (Wildman–Crippen LogP) is 3.27. The fourth-order valence-corrected chi connectivity index (χ4v) is 3.69. The molecule has 0 saturated carbocycles. The summed E-state index contributed by atoms with van der Waals surface area (Å²) in [6.45, 7) is -0.307. The molecule has 0 saturated heterocycles. The predicted molar refractivity (Wildman–Crippen MR) is 104 cm³/mol. The number of methoxy groups -OCH3 is 1. The van der Waals surface area contributed by atoms with Gasteiger partial charge in [0.05, 0.1) is 7.11 Å². The number of hydrogen-bond acceptors (Lipinski definition) is 5. The first-order valence-corrected chi connectivity index (χ1v) is 9.82. The minimum atomic E-state index is -3.75. The van der Waals surface area contributed by atoms with Crippen LogP contribution in [-0.4, -0.2) is 46.4 Å². The first-order chi connectivity index (χ1) is 12.6. The van der Waals surface area contributed by atoms with E-state index in [0.717, 1.165) is 4.31 Å². The van der Waals surface area contributed by atoms with E-state index in [4.69, 9.17) is 32.7 Å². The first kappa shape index (κ1) is 21.3. The van der Waals surface area contributed by atoms with E-state index in [9.17, 15) is 13.2 Å². The first-order valence-electron chi connectivity index (χ1n) is 7.63. The lowest BCUT2D eigenvalue weighted by molar-refractivity contribution is -0.118. The highest BCUT2D eigenvalue weighted by Crippen LogP contribution is 2.29. The Hall–Kier alpha value is -2.00. The standard InChI is InChI=1S/C17H18Cl2N2O5S/c1-21(2)27(23,24)16-9-13(4-5-15(16)25-3)20-17(22)10-26-14-7-11(18)6-12(19)8-14/h4-9H,10H2,1-3H3,(H,20,22). The summed E-state index contributed by atoms with van der Waals surface area (Å²) in [5, 5.41) is 3.34. The van der Waals surface area contributed by atoms with Crippen LogP contribution in [0.2, 0.25) is 10.0 Å². The van der Waals surface area contributed by atoms with E-state index >= 15 is 0 Å². The maximum atomic E-state index is 12.4. The van der Waals surface area contributed by atoms with Gasteiger partial charge in [0.2, 0.25) is 10.0 Å². The Morgan fingerprint density at radius 3 is 2.30 bits per heavy atom. The van der Waals surface area contributed by atoms with Crippen LogP contribution in [0.4, 0.5) is 5.69 Å². The second-order valence-electron chi connectivity index (χ2n) is 5.60. The molecule has 2 aromatic carbocycles. The van der Waals surface area contributed by atoms with E-state index < -0.39 is 15.9 Å². The Kier molecular flexibility index (Phi) is 6.94. The van der Waals surface area contributed by atoms with Crippen LogP contribution in [0.1, 0.15) is 0 Å². The zero-order valence-corrected chi connectivity index (χ0v) is 17.2. The Morgan fingerprint density at radius 1 is 1.11 bits per heavy atom. The van der Waals surface area contributed by atoms with Crippen molar-refractivity contribution >= 4 is 44.8 Å². The summed E-state index contributed by atoms with van der Waals surface area (Å²) in [6.07, 6.45) is 0. The van der Waals surface area contributed by atoms with Gasteiger partial charge in [-0.2, -0.15) is 0 Å². The van der Waals surface area contributed by atoms with Gasteiger partial charge in [-0.1, -0.05) is 23.2 Å². The Bertz CT molecular complexity index is 928. The Labute approximate surface area is 167 Å². The summed E-state index contributed by atoms with van der Waals surface area (Å²) in [4.78, 5) is 12.1. The zero-order valence-electron chi connectivity index (χ0n) is 14.8. The molecule has 0 heterocycles. The molecule has 0 unspecified atom stereocenters. The lowest BCUT2D eigenvalue weighted by Gasteiger charge is -2.16. The van der Waals surface area contributed by atoms with E-state index in [1.54, 1.807) is 6.07 Å². The number of anilines is 1. The van der Waals surface area contributed by atoms with E-state index in [1.165, 1.54) is 51.5 Å². The summed E-state index contributed by atoms with van der Waals surface area (Å²) >= 11 is 11.7. The summed E-state index contributed by atoms with van der Waals surface area (Å²) < 4.78 is 36.3. The number of benzene rings is 2. The minimum absolute atomic E-state index is 0.0599. The van der Waals surface area contributed by atoms with E-state index in [2.05, 4.69) is 5.32 Å². The fraction of sp³-hybridized carbons (Fsp3) is 0.235. The molecule has 2 aromatic rings. The van der Waals surface area contributed by atoms with Crippen LogP contribution in [0, 0.1) is 0 Å². The highest BCUT2D eigenvalue weighted by Gasteiger charge is 2.23.